The second-order valence-corrected chi connectivity index (χ2v) is 15.6. The minimum Gasteiger partial charge on any atom is -0.399 e. The lowest BCUT2D eigenvalue weighted by Gasteiger charge is -2.32. The van der Waals surface area contributed by atoms with Crippen LogP contribution in [0.2, 0.25) is 25.7 Å². The van der Waals surface area contributed by atoms with Crippen LogP contribution < -0.4 is 10.4 Å². The van der Waals surface area contributed by atoms with Gasteiger partial charge < -0.3 is 14.0 Å². The molecule has 1 fully saturated rings. The summed E-state index contributed by atoms with van der Waals surface area (Å²) in [4.78, 5) is 13.4. The number of fused-ring (bicyclic) bond motifs is 1. The Balaban J connectivity index is 1.83. The molecule has 1 aromatic carbocycles. The molecule has 1 saturated heterocycles. The number of halogens is 2. The van der Waals surface area contributed by atoms with Crippen molar-refractivity contribution in [2.45, 2.75) is 70.5 Å². The fourth-order valence-electron chi connectivity index (χ4n) is 3.22. The first kappa shape index (κ1) is 22.4. The second-order valence-electron chi connectivity index (χ2n) is 10.0. The maximum Gasteiger partial charge on any atom is 0.494 e. The summed E-state index contributed by atoms with van der Waals surface area (Å²) in [6.45, 7) is 14.6. The number of rotatable bonds is 6. The highest BCUT2D eigenvalue weighted by molar-refractivity contribution is 6.76. The maximum absolute atomic E-state index is 14.5. The molecule has 0 spiro atoms. The van der Waals surface area contributed by atoms with Gasteiger partial charge in [0.1, 0.15) is 6.73 Å². The van der Waals surface area contributed by atoms with E-state index < -0.39 is 38.2 Å². The van der Waals surface area contributed by atoms with Gasteiger partial charge in [-0.1, -0.05) is 31.8 Å². The van der Waals surface area contributed by atoms with Crippen LogP contribution in [-0.2, 0) is 24.8 Å². The number of hydrogen-bond donors (Lipinski definition) is 0. The van der Waals surface area contributed by atoms with E-state index in [1.165, 1.54) is 12.1 Å². The normalized spacial score (nSPS) is 22.3. The topological polar surface area (TPSA) is 48.0 Å². The number of carbonyl (C=O) groups is 1. The number of carbonyl (C=O) groups excluding carboxylic acids is 1. The van der Waals surface area contributed by atoms with E-state index in [2.05, 4.69) is 19.6 Å². The number of ether oxygens (including phenoxy) is 1. The monoisotopic (exact) mass is 425 g/mol. The Morgan fingerprint density at radius 3 is 2.24 bits per heavy atom. The number of nitrogens with zero attached hydrogens (tertiary/aromatic N) is 1. The Labute approximate surface area is 172 Å². The van der Waals surface area contributed by atoms with E-state index in [1.54, 1.807) is 6.07 Å². The van der Waals surface area contributed by atoms with E-state index in [4.69, 9.17) is 14.0 Å². The summed E-state index contributed by atoms with van der Waals surface area (Å²) in [6.07, 6.45) is 0. The fourth-order valence-corrected chi connectivity index (χ4v) is 3.98. The summed E-state index contributed by atoms with van der Waals surface area (Å²) >= 11 is 0. The van der Waals surface area contributed by atoms with Crippen molar-refractivity contribution in [1.82, 2.24) is 0 Å². The van der Waals surface area contributed by atoms with Gasteiger partial charge in [-0.2, -0.15) is 8.78 Å². The van der Waals surface area contributed by atoms with Crippen LogP contribution >= 0.6 is 0 Å². The van der Waals surface area contributed by atoms with Crippen molar-refractivity contribution in [3.63, 3.8) is 0 Å². The summed E-state index contributed by atoms with van der Waals surface area (Å²) in [7, 11) is -2.01. The highest BCUT2D eigenvalue weighted by Gasteiger charge is 2.55. The number of amides is 1. The van der Waals surface area contributed by atoms with Crippen LogP contribution in [0.3, 0.4) is 0 Å². The Bertz CT molecular complexity index is 794. The second kappa shape index (κ2) is 7.15. The molecule has 0 bridgehead atoms. The van der Waals surface area contributed by atoms with Crippen LogP contribution in [0.4, 0.5) is 14.5 Å². The number of anilines is 1. The number of hydrogen-bond acceptors (Lipinski definition) is 4. The molecule has 9 heteroatoms. The molecule has 160 valence electrons. The van der Waals surface area contributed by atoms with Crippen molar-refractivity contribution in [3.8, 4) is 0 Å². The van der Waals surface area contributed by atoms with Crippen LogP contribution in [0.5, 0.6) is 0 Å². The zero-order valence-electron chi connectivity index (χ0n) is 18.3. The fraction of sp³-hybridized carbons (Fsp3) is 0.650. The summed E-state index contributed by atoms with van der Waals surface area (Å²) in [6, 6.07) is 5.28. The Morgan fingerprint density at radius 2 is 1.69 bits per heavy atom. The van der Waals surface area contributed by atoms with Gasteiger partial charge in [0.25, 0.3) is 0 Å². The van der Waals surface area contributed by atoms with Gasteiger partial charge in [-0.25, -0.2) is 0 Å². The maximum atomic E-state index is 14.5. The molecule has 0 radical (unpaired) electrons. The predicted octanol–water partition coefficient (Wildman–Crippen LogP) is 3.74. The van der Waals surface area contributed by atoms with E-state index in [1.807, 2.05) is 27.7 Å². The molecule has 2 heterocycles. The first-order valence-electron chi connectivity index (χ1n) is 9.93. The van der Waals surface area contributed by atoms with Crippen LogP contribution in [0.15, 0.2) is 18.2 Å². The van der Waals surface area contributed by atoms with E-state index in [-0.39, 0.29) is 18.0 Å². The van der Waals surface area contributed by atoms with Crippen molar-refractivity contribution in [1.29, 1.82) is 0 Å². The van der Waals surface area contributed by atoms with Gasteiger partial charge in [0.05, 0.1) is 22.5 Å². The molecular weight excluding hydrogens is 395 g/mol. The molecule has 2 aliphatic heterocycles. The molecule has 0 aromatic heterocycles. The predicted molar refractivity (Wildman–Crippen MR) is 113 cm³/mol. The standard InChI is InChI=1S/C20H30BF2NO4Si/c1-18(2)19(3,4)28-21(27-18)14-8-9-15-16(12-14)24(17(25)20(15,22)23)13-26-10-11-29(5,6)7/h8-9,12H,10-11,13H2,1-7H3. The third kappa shape index (κ3) is 4.15. The highest BCUT2D eigenvalue weighted by atomic mass is 28.3. The Morgan fingerprint density at radius 1 is 1.10 bits per heavy atom. The highest BCUT2D eigenvalue weighted by Crippen LogP contribution is 2.44. The van der Waals surface area contributed by atoms with Gasteiger partial charge in [0.2, 0.25) is 0 Å². The molecule has 0 unspecified atom stereocenters. The molecule has 3 rings (SSSR count). The van der Waals surface area contributed by atoms with E-state index >= 15 is 0 Å². The molecule has 0 N–H and O–H groups in total. The van der Waals surface area contributed by atoms with Crippen molar-refractivity contribution in [2.75, 3.05) is 18.2 Å². The van der Waals surface area contributed by atoms with Crippen LogP contribution in [-0.4, -0.2) is 45.6 Å². The van der Waals surface area contributed by atoms with Gasteiger partial charge in [0.15, 0.2) is 0 Å². The molecule has 5 nitrogen and oxygen atoms in total. The number of benzene rings is 1. The third-order valence-electron chi connectivity index (χ3n) is 5.91. The molecule has 29 heavy (non-hydrogen) atoms. The molecule has 0 atom stereocenters. The lowest BCUT2D eigenvalue weighted by atomic mass is 9.78. The quantitative estimate of drug-likeness (QED) is 0.515. The molecule has 0 saturated carbocycles. The van der Waals surface area contributed by atoms with E-state index in [9.17, 15) is 13.6 Å². The third-order valence-corrected chi connectivity index (χ3v) is 7.61. The molecule has 1 amide bonds. The van der Waals surface area contributed by atoms with E-state index in [0.717, 1.165) is 10.9 Å². The summed E-state index contributed by atoms with van der Waals surface area (Å²) in [5, 5.41) is 0. The van der Waals surface area contributed by atoms with Crippen LogP contribution in [0.25, 0.3) is 0 Å². The smallest absolute Gasteiger partial charge is 0.399 e. The molecule has 2 aliphatic rings. The van der Waals surface area contributed by atoms with Crippen molar-refractivity contribution < 1.29 is 27.6 Å². The van der Waals surface area contributed by atoms with Gasteiger partial charge >= 0.3 is 18.9 Å². The minimum absolute atomic E-state index is 0.153. The van der Waals surface area contributed by atoms with Crippen molar-refractivity contribution in [3.05, 3.63) is 23.8 Å². The van der Waals surface area contributed by atoms with Crippen LogP contribution in [0.1, 0.15) is 33.3 Å². The van der Waals surface area contributed by atoms with Crippen molar-refractivity contribution >= 4 is 32.2 Å². The summed E-state index contributed by atoms with van der Waals surface area (Å²) in [5.74, 6) is -4.82. The largest absolute Gasteiger partial charge is 0.494 e. The lowest BCUT2D eigenvalue weighted by Crippen LogP contribution is -2.41. The van der Waals surface area contributed by atoms with Gasteiger partial charge in [0, 0.05) is 14.7 Å². The lowest BCUT2D eigenvalue weighted by molar-refractivity contribution is -0.142. The zero-order valence-corrected chi connectivity index (χ0v) is 19.3. The minimum atomic E-state index is -3.56. The molecule has 1 aromatic rings. The van der Waals surface area contributed by atoms with Crippen LogP contribution in [0, 0.1) is 0 Å². The number of alkyl halides is 2. The van der Waals surface area contributed by atoms with Gasteiger partial charge in [-0.05, 0) is 45.3 Å². The SMILES string of the molecule is CC1(C)OB(c2ccc3c(c2)N(COCC[Si](C)(C)C)C(=O)C3(F)F)OC1(C)C. The Kier molecular flexibility index (Phi) is 5.52. The summed E-state index contributed by atoms with van der Waals surface area (Å²) < 4.78 is 46.7. The zero-order chi connectivity index (χ0) is 21.8. The van der Waals surface area contributed by atoms with Crippen molar-refractivity contribution in [2.24, 2.45) is 0 Å². The molecular formula is C20H30BF2NO4Si. The molecule has 0 aliphatic carbocycles. The average molecular weight is 425 g/mol. The Hall–Kier alpha value is -1.29. The van der Waals surface area contributed by atoms with E-state index in [0.29, 0.717) is 12.1 Å². The average Bonchev–Trinajstić information content (AvgIpc) is 2.91. The van der Waals surface area contributed by atoms with Gasteiger partial charge in [-0.15, -0.1) is 0 Å². The first-order valence-corrected chi connectivity index (χ1v) is 13.6. The van der Waals surface area contributed by atoms with Gasteiger partial charge in [-0.3, -0.25) is 9.69 Å². The summed E-state index contributed by atoms with van der Waals surface area (Å²) in [5.41, 5.74) is -0.650. The first-order chi connectivity index (χ1) is 13.2.